The minimum Gasteiger partial charge on any atom is -0.439 e. The van der Waals surface area contributed by atoms with E-state index in [1.807, 2.05) is 30.3 Å². The average Bonchev–Trinajstić information content (AvgIpc) is 3.36. The zero-order chi connectivity index (χ0) is 22.1. The fourth-order valence-electron chi connectivity index (χ4n) is 3.07. The molecule has 0 radical (unpaired) electrons. The predicted molar refractivity (Wildman–Crippen MR) is 126 cm³/mol. The highest BCUT2D eigenvalue weighted by atomic mass is 35.5. The first-order valence-electron chi connectivity index (χ1n) is 9.48. The molecule has 3 heterocycles. The van der Waals surface area contributed by atoms with Crippen molar-refractivity contribution in [2.24, 2.45) is 0 Å². The molecule has 5 aromatic rings. The smallest absolute Gasteiger partial charge is 0.247 e. The summed E-state index contributed by atoms with van der Waals surface area (Å²) in [5, 5.41) is 10.4. The third-order valence-electron chi connectivity index (χ3n) is 4.45. The monoisotopic (exact) mass is 462 g/mol. The van der Waals surface area contributed by atoms with Crippen molar-refractivity contribution in [2.75, 3.05) is 10.6 Å². The van der Waals surface area contributed by atoms with Gasteiger partial charge in [0.15, 0.2) is 10.1 Å². The number of amides is 1. The van der Waals surface area contributed by atoms with E-state index in [0.29, 0.717) is 33.4 Å². The Bertz CT molecular complexity index is 1480. The maximum absolute atomic E-state index is 11.5. The number of nitrogens with one attached hydrogen (secondary N) is 2. The lowest BCUT2D eigenvalue weighted by molar-refractivity contribution is -0.111. The third kappa shape index (κ3) is 4.11. The van der Waals surface area contributed by atoms with Crippen LogP contribution in [0.15, 0.2) is 73.3 Å². The SMILES string of the molecule is C=CC(=O)Nc1cccc(Oc2cccc3nc(Nc4ccc5nc(Cl)sc5c4)nn23)c1. The van der Waals surface area contributed by atoms with Crippen molar-refractivity contribution in [2.45, 2.75) is 0 Å². The van der Waals surface area contributed by atoms with Gasteiger partial charge in [-0.2, -0.15) is 9.50 Å². The topological polar surface area (TPSA) is 93.4 Å². The highest BCUT2D eigenvalue weighted by Gasteiger charge is 2.11. The summed E-state index contributed by atoms with van der Waals surface area (Å²) in [6, 6.07) is 18.2. The third-order valence-corrected chi connectivity index (χ3v) is 5.58. The molecule has 2 N–H and O–H groups in total. The number of carbonyl (C=O) groups is 1. The molecule has 5 rings (SSSR count). The molecule has 8 nitrogen and oxygen atoms in total. The molecule has 0 aliphatic rings. The number of fused-ring (bicyclic) bond motifs is 2. The van der Waals surface area contributed by atoms with Gasteiger partial charge in [0.1, 0.15) is 5.75 Å². The lowest BCUT2D eigenvalue weighted by atomic mass is 10.3. The predicted octanol–water partition coefficient (Wildman–Crippen LogP) is 5.65. The fourth-order valence-corrected chi connectivity index (χ4v) is 4.14. The number of carbonyl (C=O) groups excluding carboxylic acids is 1. The number of anilines is 3. The fraction of sp³-hybridized carbons (Fsp3) is 0. The van der Waals surface area contributed by atoms with Gasteiger partial charge in [0, 0.05) is 23.5 Å². The van der Waals surface area contributed by atoms with Gasteiger partial charge < -0.3 is 15.4 Å². The molecule has 1 amide bonds. The highest BCUT2D eigenvalue weighted by Crippen LogP contribution is 2.29. The standard InChI is InChI=1S/C22H15ClN6O2S/c1-2-19(30)24-13-5-3-6-15(11-13)31-20-8-4-7-18-27-22(28-29(18)20)25-14-9-10-16-17(12-14)32-21(23)26-16/h2-12H,1H2,(H,24,30)(H,25,28). The summed E-state index contributed by atoms with van der Waals surface area (Å²) in [6.45, 7) is 3.45. The molecule has 2 aromatic carbocycles. The number of rotatable bonds is 6. The molecular formula is C22H15ClN6O2S. The van der Waals surface area contributed by atoms with Gasteiger partial charge in [-0.05, 0) is 42.5 Å². The van der Waals surface area contributed by atoms with Gasteiger partial charge in [0.05, 0.1) is 10.2 Å². The van der Waals surface area contributed by atoms with Crippen molar-refractivity contribution in [3.05, 3.63) is 77.8 Å². The van der Waals surface area contributed by atoms with Crippen molar-refractivity contribution < 1.29 is 9.53 Å². The number of hydrogen-bond acceptors (Lipinski definition) is 7. The average molecular weight is 463 g/mol. The first kappa shape index (κ1) is 20.0. The number of thiazole rings is 1. The summed E-state index contributed by atoms with van der Waals surface area (Å²) < 4.78 is 9.07. The van der Waals surface area contributed by atoms with E-state index in [1.165, 1.54) is 17.4 Å². The van der Waals surface area contributed by atoms with Gasteiger partial charge in [-0.3, -0.25) is 4.79 Å². The van der Waals surface area contributed by atoms with Gasteiger partial charge in [0.2, 0.25) is 17.7 Å². The number of nitrogens with zero attached hydrogens (tertiary/aromatic N) is 4. The molecule has 0 atom stereocenters. The van der Waals surface area contributed by atoms with Gasteiger partial charge in [0.25, 0.3) is 0 Å². The number of halogens is 1. The Morgan fingerprint density at radius 3 is 2.84 bits per heavy atom. The van der Waals surface area contributed by atoms with Crippen LogP contribution in [0.4, 0.5) is 17.3 Å². The maximum Gasteiger partial charge on any atom is 0.247 e. The van der Waals surface area contributed by atoms with Gasteiger partial charge in [-0.1, -0.05) is 30.3 Å². The van der Waals surface area contributed by atoms with E-state index in [-0.39, 0.29) is 5.91 Å². The first-order chi connectivity index (χ1) is 15.6. The molecule has 0 fully saturated rings. The van der Waals surface area contributed by atoms with Crippen LogP contribution in [0, 0.1) is 0 Å². The quantitative estimate of drug-likeness (QED) is 0.316. The second kappa shape index (κ2) is 8.29. The minimum atomic E-state index is -0.296. The van der Waals surface area contributed by atoms with Crippen LogP contribution in [0.2, 0.25) is 4.47 Å². The maximum atomic E-state index is 11.5. The minimum absolute atomic E-state index is 0.296. The lowest BCUT2D eigenvalue weighted by Gasteiger charge is -2.08. The zero-order valence-electron chi connectivity index (χ0n) is 16.4. The normalized spacial score (nSPS) is 10.9. The Morgan fingerprint density at radius 2 is 1.97 bits per heavy atom. The van der Waals surface area contributed by atoms with E-state index in [9.17, 15) is 4.79 Å². The van der Waals surface area contributed by atoms with Crippen molar-refractivity contribution in [3.8, 4) is 11.6 Å². The van der Waals surface area contributed by atoms with Crippen LogP contribution in [0.25, 0.3) is 15.9 Å². The van der Waals surface area contributed by atoms with Crippen LogP contribution < -0.4 is 15.4 Å². The molecule has 0 aliphatic heterocycles. The molecule has 0 saturated heterocycles. The Morgan fingerprint density at radius 1 is 1.09 bits per heavy atom. The van der Waals surface area contributed by atoms with Crippen molar-refractivity contribution in [1.29, 1.82) is 0 Å². The summed E-state index contributed by atoms with van der Waals surface area (Å²) in [6.07, 6.45) is 1.21. The van der Waals surface area contributed by atoms with Crippen LogP contribution in [-0.4, -0.2) is 25.5 Å². The summed E-state index contributed by atoms with van der Waals surface area (Å²) >= 11 is 7.40. The zero-order valence-corrected chi connectivity index (χ0v) is 18.0. The second-order valence-electron chi connectivity index (χ2n) is 6.67. The van der Waals surface area contributed by atoms with E-state index < -0.39 is 0 Å². The number of benzene rings is 2. The summed E-state index contributed by atoms with van der Waals surface area (Å²) in [5.41, 5.74) is 2.87. The number of hydrogen-bond donors (Lipinski definition) is 2. The second-order valence-corrected chi connectivity index (χ2v) is 8.28. The van der Waals surface area contributed by atoms with E-state index >= 15 is 0 Å². The van der Waals surface area contributed by atoms with Crippen LogP contribution in [0.3, 0.4) is 0 Å². The van der Waals surface area contributed by atoms with Crippen molar-refractivity contribution >= 4 is 62.0 Å². The van der Waals surface area contributed by atoms with E-state index in [4.69, 9.17) is 16.3 Å². The number of ether oxygens (including phenoxy) is 1. The molecular weight excluding hydrogens is 448 g/mol. The summed E-state index contributed by atoms with van der Waals surface area (Å²) in [7, 11) is 0. The Kier molecular flexibility index (Phi) is 5.18. The van der Waals surface area contributed by atoms with E-state index in [2.05, 4.69) is 32.3 Å². The molecule has 0 unspecified atom stereocenters. The number of pyridine rings is 1. The molecule has 10 heteroatoms. The summed E-state index contributed by atoms with van der Waals surface area (Å²) in [5.74, 6) is 1.13. The molecule has 0 aliphatic carbocycles. The van der Waals surface area contributed by atoms with Crippen LogP contribution >= 0.6 is 22.9 Å². The van der Waals surface area contributed by atoms with Crippen molar-refractivity contribution in [3.63, 3.8) is 0 Å². The Hall–Kier alpha value is -3.95. The van der Waals surface area contributed by atoms with Gasteiger partial charge >= 0.3 is 0 Å². The molecule has 0 spiro atoms. The first-order valence-corrected chi connectivity index (χ1v) is 10.7. The summed E-state index contributed by atoms with van der Waals surface area (Å²) in [4.78, 5) is 20.3. The van der Waals surface area contributed by atoms with Gasteiger partial charge in [-0.25, -0.2) is 4.98 Å². The van der Waals surface area contributed by atoms with Crippen LogP contribution in [0.1, 0.15) is 0 Å². The van der Waals surface area contributed by atoms with Crippen LogP contribution in [0.5, 0.6) is 11.6 Å². The van der Waals surface area contributed by atoms with Crippen molar-refractivity contribution in [1.82, 2.24) is 19.6 Å². The molecule has 158 valence electrons. The largest absolute Gasteiger partial charge is 0.439 e. The molecule has 0 bridgehead atoms. The van der Waals surface area contributed by atoms with E-state index in [0.717, 1.165) is 15.9 Å². The Labute approximate surface area is 191 Å². The van der Waals surface area contributed by atoms with E-state index in [1.54, 1.807) is 34.8 Å². The molecule has 0 saturated carbocycles. The molecule has 32 heavy (non-hydrogen) atoms. The van der Waals surface area contributed by atoms with Gasteiger partial charge in [-0.15, -0.1) is 16.4 Å². The lowest BCUT2D eigenvalue weighted by Crippen LogP contribution is -2.07. The number of aromatic nitrogens is 4. The molecule has 3 aromatic heterocycles. The Balaban J connectivity index is 1.41. The van der Waals surface area contributed by atoms with Crippen LogP contribution in [-0.2, 0) is 4.79 Å². The highest BCUT2D eigenvalue weighted by molar-refractivity contribution is 7.22.